The highest BCUT2D eigenvalue weighted by molar-refractivity contribution is 5.88. The van der Waals surface area contributed by atoms with E-state index in [1.165, 1.54) is 6.92 Å². The smallest absolute Gasteiger partial charge is 0.326 e. The van der Waals surface area contributed by atoms with Crippen LogP contribution >= 0.6 is 0 Å². The summed E-state index contributed by atoms with van der Waals surface area (Å²) in [5.74, 6) is -2.14. The number of amides is 2. The third-order valence-electron chi connectivity index (χ3n) is 4.17. The molecule has 1 unspecified atom stereocenters. The molecule has 6 heteroatoms. The van der Waals surface area contributed by atoms with E-state index >= 15 is 0 Å². The second-order valence-electron chi connectivity index (χ2n) is 6.35. The standard InChI is InChI=1S/C21H24N2O4/c1-15(24)22-19(21(26)27)14-20(25)23-18(17-10-6-3-7-11-17)13-12-16-8-4-2-5-9-16/h2-11,18-19H,12-14H2,1H3,(H,22,24)(H,23,25)(H,26,27)/t18?,19-/m0/s1. The summed E-state index contributed by atoms with van der Waals surface area (Å²) in [7, 11) is 0. The van der Waals surface area contributed by atoms with Crippen molar-refractivity contribution in [2.24, 2.45) is 0 Å². The number of carboxylic acid groups (broad SMARTS) is 1. The van der Waals surface area contributed by atoms with Crippen molar-refractivity contribution in [1.29, 1.82) is 0 Å². The van der Waals surface area contributed by atoms with Gasteiger partial charge in [-0.1, -0.05) is 60.7 Å². The molecule has 0 aliphatic carbocycles. The highest BCUT2D eigenvalue weighted by Gasteiger charge is 2.24. The third kappa shape index (κ3) is 6.93. The molecule has 2 rings (SSSR count). The maximum Gasteiger partial charge on any atom is 0.326 e. The fourth-order valence-electron chi connectivity index (χ4n) is 2.85. The lowest BCUT2D eigenvalue weighted by Gasteiger charge is -2.21. The minimum Gasteiger partial charge on any atom is -0.480 e. The lowest BCUT2D eigenvalue weighted by atomic mass is 9.98. The van der Waals surface area contributed by atoms with Crippen LogP contribution in [0.5, 0.6) is 0 Å². The van der Waals surface area contributed by atoms with E-state index in [0.29, 0.717) is 6.42 Å². The van der Waals surface area contributed by atoms with Crippen molar-refractivity contribution in [3.8, 4) is 0 Å². The maximum absolute atomic E-state index is 12.4. The Labute approximate surface area is 158 Å². The van der Waals surface area contributed by atoms with Crippen LogP contribution in [0.4, 0.5) is 0 Å². The molecular formula is C21H24N2O4. The number of carbonyl (C=O) groups excluding carboxylic acids is 2. The van der Waals surface area contributed by atoms with Crippen LogP contribution in [0.25, 0.3) is 0 Å². The Balaban J connectivity index is 2.05. The second kappa shape index (κ2) is 10.1. The van der Waals surface area contributed by atoms with Crippen molar-refractivity contribution < 1.29 is 19.5 Å². The topological polar surface area (TPSA) is 95.5 Å². The fourth-order valence-corrected chi connectivity index (χ4v) is 2.85. The van der Waals surface area contributed by atoms with Gasteiger partial charge in [-0.3, -0.25) is 9.59 Å². The van der Waals surface area contributed by atoms with Gasteiger partial charge >= 0.3 is 5.97 Å². The van der Waals surface area contributed by atoms with E-state index in [1.807, 2.05) is 60.7 Å². The zero-order valence-corrected chi connectivity index (χ0v) is 15.2. The zero-order chi connectivity index (χ0) is 19.6. The van der Waals surface area contributed by atoms with Crippen LogP contribution in [0.15, 0.2) is 60.7 Å². The minimum absolute atomic E-state index is 0.245. The Hall–Kier alpha value is -3.15. The second-order valence-corrected chi connectivity index (χ2v) is 6.35. The normalized spacial score (nSPS) is 12.6. The number of rotatable bonds is 9. The van der Waals surface area contributed by atoms with Crippen molar-refractivity contribution in [3.05, 3.63) is 71.8 Å². The van der Waals surface area contributed by atoms with Crippen LogP contribution in [0.2, 0.25) is 0 Å². The molecule has 2 atom stereocenters. The molecule has 2 aromatic carbocycles. The fraction of sp³-hybridized carbons (Fsp3) is 0.286. The van der Waals surface area contributed by atoms with Gasteiger partial charge in [-0.15, -0.1) is 0 Å². The van der Waals surface area contributed by atoms with Crippen molar-refractivity contribution in [2.75, 3.05) is 0 Å². The maximum atomic E-state index is 12.4. The lowest BCUT2D eigenvalue weighted by Crippen LogP contribution is -2.43. The van der Waals surface area contributed by atoms with E-state index in [9.17, 15) is 19.5 Å². The monoisotopic (exact) mass is 368 g/mol. The first kappa shape index (κ1) is 20.2. The number of benzene rings is 2. The molecular weight excluding hydrogens is 344 g/mol. The number of nitrogens with one attached hydrogen (secondary N) is 2. The van der Waals surface area contributed by atoms with E-state index in [-0.39, 0.29) is 12.5 Å². The summed E-state index contributed by atoms with van der Waals surface area (Å²) in [6.07, 6.45) is 1.13. The van der Waals surface area contributed by atoms with E-state index in [4.69, 9.17) is 0 Å². The summed E-state index contributed by atoms with van der Waals surface area (Å²) in [4.78, 5) is 34.8. The van der Waals surface area contributed by atoms with Crippen molar-refractivity contribution in [1.82, 2.24) is 10.6 Å². The van der Waals surface area contributed by atoms with Gasteiger partial charge in [0.15, 0.2) is 0 Å². The van der Waals surface area contributed by atoms with Crippen LogP contribution in [0, 0.1) is 0 Å². The SMILES string of the molecule is CC(=O)N[C@@H](CC(=O)NC(CCc1ccccc1)c1ccccc1)C(=O)O. The summed E-state index contributed by atoms with van der Waals surface area (Å²) in [5.41, 5.74) is 2.11. The molecule has 3 N–H and O–H groups in total. The average molecular weight is 368 g/mol. The molecule has 0 aliphatic heterocycles. The zero-order valence-electron chi connectivity index (χ0n) is 15.2. The molecule has 2 amide bonds. The number of carbonyl (C=O) groups is 3. The summed E-state index contributed by atoms with van der Waals surface area (Å²) >= 11 is 0. The van der Waals surface area contributed by atoms with Crippen LogP contribution in [-0.4, -0.2) is 28.9 Å². The van der Waals surface area contributed by atoms with E-state index in [1.54, 1.807) is 0 Å². The molecule has 0 heterocycles. The Kier molecular flexibility index (Phi) is 7.55. The number of hydrogen-bond acceptors (Lipinski definition) is 3. The highest BCUT2D eigenvalue weighted by Crippen LogP contribution is 2.19. The Morgan fingerprint density at radius 3 is 2.07 bits per heavy atom. The minimum atomic E-state index is -1.24. The van der Waals surface area contributed by atoms with Crippen LogP contribution in [0.1, 0.15) is 36.9 Å². The molecule has 0 saturated carbocycles. The number of carboxylic acids is 1. The Bertz CT molecular complexity index is 762. The molecule has 0 radical (unpaired) electrons. The first-order valence-corrected chi connectivity index (χ1v) is 8.84. The molecule has 142 valence electrons. The molecule has 0 spiro atoms. The molecule has 0 bridgehead atoms. The van der Waals surface area contributed by atoms with Crippen LogP contribution < -0.4 is 10.6 Å². The third-order valence-corrected chi connectivity index (χ3v) is 4.17. The van der Waals surface area contributed by atoms with Gasteiger partial charge in [-0.2, -0.15) is 0 Å². The number of aliphatic carboxylic acids is 1. The van der Waals surface area contributed by atoms with E-state index in [0.717, 1.165) is 17.5 Å². The van der Waals surface area contributed by atoms with E-state index in [2.05, 4.69) is 10.6 Å². The summed E-state index contributed by atoms with van der Waals surface area (Å²) in [6.45, 7) is 1.22. The van der Waals surface area contributed by atoms with Gasteiger partial charge in [-0.05, 0) is 24.0 Å². The van der Waals surface area contributed by atoms with Gasteiger partial charge in [0.05, 0.1) is 12.5 Å². The summed E-state index contributed by atoms with van der Waals surface area (Å²) in [6, 6.07) is 18.0. The molecule has 0 fully saturated rings. The molecule has 6 nitrogen and oxygen atoms in total. The van der Waals surface area contributed by atoms with Crippen molar-refractivity contribution >= 4 is 17.8 Å². The van der Waals surface area contributed by atoms with Gasteiger partial charge in [0.25, 0.3) is 0 Å². The van der Waals surface area contributed by atoms with Crippen molar-refractivity contribution in [2.45, 2.75) is 38.3 Å². The first-order valence-electron chi connectivity index (χ1n) is 8.84. The average Bonchev–Trinajstić information content (AvgIpc) is 2.65. The summed E-state index contributed by atoms with van der Waals surface area (Å²) < 4.78 is 0. The summed E-state index contributed by atoms with van der Waals surface area (Å²) in [5, 5.41) is 14.4. The van der Waals surface area contributed by atoms with Gasteiger partial charge in [0, 0.05) is 6.92 Å². The van der Waals surface area contributed by atoms with Gasteiger partial charge in [0.2, 0.25) is 11.8 Å². The molecule has 0 aromatic heterocycles. The van der Waals surface area contributed by atoms with Gasteiger partial charge < -0.3 is 15.7 Å². The molecule has 0 aliphatic rings. The Morgan fingerprint density at radius 1 is 0.926 bits per heavy atom. The quantitative estimate of drug-likeness (QED) is 0.633. The number of hydrogen-bond donors (Lipinski definition) is 3. The van der Waals surface area contributed by atoms with Crippen LogP contribution in [-0.2, 0) is 20.8 Å². The van der Waals surface area contributed by atoms with E-state index < -0.39 is 23.8 Å². The molecule has 0 saturated heterocycles. The molecule has 27 heavy (non-hydrogen) atoms. The predicted octanol–water partition coefficient (Wildman–Crippen LogP) is 2.46. The van der Waals surface area contributed by atoms with Crippen molar-refractivity contribution in [3.63, 3.8) is 0 Å². The number of aryl methyl sites for hydroxylation is 1. The Morgan fingerprint density at radius 2 is 1.52 bits per heavy atom. The van der Waals surface area contributed by atoms with Gasteiger partial charge in [-0.25, -0.2) is 4.79 Å². The van der Waals surface area contributed by atoms with Crippen LogP contribution in [0.3, 0.4) is 0 Å². The highest BCUT2D eigenvalue weighted by atomic mass is 16.4. The largest absolute Gasteiger partial charge is 0.480 e. The predicted molar refractivity (Wildman–Crippen MR) is 102 cm³/mol. The molecule has 2 aromatic rings. The first-order chi connectivity index (χ1) is 13.0. The lowest BCUT2D eigenvalue weighted by molar-refractivity contribution is -0.143. The van der Waals surface area contributed by atoms with Gasteiger partial charge in [0.1, 0.15) is 6.04 Å².